The van der Waals surface area contributed by atoms with Crippen LogP contribution < -0.4 is 0 Å². The Morgan fingerprint density at radius 1 is 0.731 bits per heavy atom. The smallest absolute Gasteiger partial charge is 0.112 e. The van der Waals surface area contributed by atoms with Crippen LogP contribution in [0.2, 0.25) is 0 Å². The van der Waals surface area contributed by atoms with Crippen molar-refractivity contribution < 1.29 is 20.1 Å². The van der Waals surface area contributed by atoms with Crippen molar-refractivity contribution in [1.29, 1.82) is 0 Å². The molecule has 4 atom stereocenters. The van der Waals surface area contributed by atoms with Crippen LogP contribution in [0.4, 0.5) is 0 Å². The van der Waals surface area contributed by atoms with Crippen LogP contribution in [-0.4, -0.2) is 46.3 Å². The Bertz CT molecular complexity index is 319. The third kappa shape index (κ3) is 13.7. The van der Waals surface area contributed by atoms with E-state index < -0.39 is 24.4 Å². The second-order valence-electron chi connectivity index (χ2n) is 7.38. The average Bonchev–Trinajstić information content (AvgIpc) is 2.64. The summed E-state index contributed by atoms with van der Waals surface area (Å²) in [6, 6.07) is 0. The lowest BCUT2D eigenvalue weighted by atomic mass is 10.0. The largest absolute Gasteiger partial charge is 0.388 e. The first-order valence-corrected chi connectivity index (χ1v) is 10.9. The van der Waals surface area contributed by atoms with Gasteiger partial charge in [-0.1, -0.05) is 83.3 Å². The lowest BCUT2D eigenvalue weighted by Crippen LogP contribution is -2.43. The van der Waals surface area contributed by atoms with Gasteiger partial charge in [0.2, 0.25) is 0 Å². The van der Waals surface area contributed by atoms with Crippen molar-refractivity contribution in [3.8, 4) is 0 Å². The van der Waals surface area contributed by atoms with E-state index in [1.165, 1.54) is 64.2 Å². The minimum absolute atomic E-state index is 0.468. The number of rotatable bonds is 18. The van der Waals surface area contributed by atoms with E-state index >= 15 is 0 Å². The first-order chi connectivity index (χ1) is 12.5. The number of unbranched alkanes of at least 4 members (excludes halogenated alkanes) is 11. The van der Waals surface area contributed by atoms with Gasteiger partial charge in [0.25, 0.3) is 0 Å². The fraction of sp³-hybridized carbons (Fsp3) is 0.909. The zero-order chi connectivity index (χ0) is 19.6. The van der Waals surface area contributed by atoms with Gasteiger partial charge in [-0.2, -0.15) is 0 Å². The molecule has 4 unspecified atom stereocenters. The summed E-state index contributed by atoms with van der Waals surface area (Å²) in [5.74, 6) is 0. The fourth-order valence-corrected chi connectivity index (χ4v) is 3.12. The standard InChI is InChI=1S/C22H44O4/c1-4-6-7-8-9-10-11-12-13-14-15-16-17-18-20(23)22(25)21(24)19(3)26-5-2/h17-25H,4-16H2,1-3H3. The molecule has 0 aromatic carbocycles. The molecule has 0 aliphatic rings. The van der Waals surface area contributed by atoms with E-state index in [0.717, 1.165) is 12.8 Å². The third-order valence-electron chi connectivity index (χ3n) is 4.92. The minimum Gasteiger partial charge on any atom is -0.388 e. The van der Waals surface area contributed by atoms with Gasteiger partial charge in [-0.15, -0.1) is 0 Å². The topological polar surface area (TPSA) is 69.9 Å². The normalized spacial score (nSPS) is 16.7. The molecule has 0 aromatic heterocycles. The van der Waals surface area contributed by atoms with Crippen molar-refractivity contribution in [3.05, 3.63) is 12.2 Å². The van der Waals surface area contributed by atoms with Gasteiger partial charge in [-0.05, 0) is 26.7 Å². The summed E-state index contributed by atoms with van der Waals surface area (Å²) in [4.78, 5) is 0. The molecule has 0 fully saturated rings. The lowest BCUT2D eigenvalue weighted by Gasteiger charge is -2.25. The first-order valence-electron chi connectivity index (χ1n) is 10.9. The number of hydrogen-bond donors (Lipinski definition) is 3. The molecule has 0 amide bonds. The molecule has 3 N–H and O–H groups in total. The van der Waals surface area contributed by atoms with E-state index in [1.807, 2.05) is 13.0 Å². The molecule has 0 aliphatic heterocycles. The monoisotopic (exact) mass is 372 g/mol. The Balaban J connectivity index is 3.59. The third-order valence-corrected chi connectivity index (χ3v) is 4.92. The summed E-state index contributed by atoms with van der Waals surface area (Å²) >= 11 is 0. The highest BCUT2D eigenvalue weighted by atomic mass is 16.5. The fourth-order valence-electron chi connectivity index (χ4n) is 3.12. The van der Waals surface area contributed by atoms with E-state index in [-0.39, 0.29) is 0 Å². The van der Waals surface area contributed by atoms with E-state index in [0.29, 0.717) is 6.61 Å². The van der Waals surface area contributed by atoms with Gasteiger partial charge in [0.05, 0.1) is 6.10 Å². The Kier molecular flexibility index (Phi) is 17.7. The first kappa shape index (κ1) is 25.6. The van der Waals surface area contributed by atoms with Gasteiger partial charge < -0.3 is 20.1 Å². The summed E-state index contributed by atoms with van der Waals surface area (Å²) in [5.41, 5.74) is 0. The Morgan fingerprint density at radius 3 is 1.73 bits per heavy atom. The molecule has 0 radical (unpaired) electrons. The Morgan fingerprint density at radius 2 is 1.23 bits per heavy atom. The molecule has 4 heteroatoms. The van der Waals surface area contributed by atoms with Crippen molar-refractivity contribution in [1.82, 2.24) is 0 Å². The molecule has 26 heavy (non-hydrogen) atoms. The molecular formula is C22H44O4. The molecule has 156 valence electrons. The van der Waals surface area contributed by atoms with Crippen LogP contribution in [0.3, 0.4) is 0 Å². The number of ether oxygens (including phenoxy) is 1. The number of hydrogen-bond acceptors (Lipinski definition) is 4. The Hall–Kier alpha value is -0.420. The lowest BCUT2D eigenvalue weighted by molar-refractivity contribution is -0.106. The zero-order valence-electron chi connectivity index (χ0n) is 17.4. The number of aliphatic hydroxyl groups excluding tert-OH is 3. The van der Waals surface area contributed by atoms with Gasteiger partial charge >= 0.3 is 0 Å². The molecule has 0 saturated carbocycles. The van der Waals surface area contributed by atoms with E-state index in [4.69, 9.17) is 4.74 Å². The molecule has 0 aromatic rings. The van der Waals surface area contributed by atoms with Gasteiger partial charge in [0.15, 0.2) is 0 Å². The van der Waals surface area contributed by atoms with Crippen LogP contribution in [0.25, 0.3) is 0 Å². The summed E-state index contributed by atoms with van der Waals surface area (Å²) in [6.45, 7) is 6.25. The zero-order valence-corrected chi connectivity index (χ0v) is 17.4. The average molecular weight is 373 g/mol. The highest BCUT2D eigenvalue weighted by Gasteiger charge is 2.27. The molecule has 4 nitrogen and oxygen atoms in total. The maximum atomic E-state index is 9.94. The van der Waals surface area contributed by atoms with Crippen LogP contribution in [0.15, 0.2) is 12.2 Å². The summed E-state index contributed by atoms with van der Waals surface area (Å²) in [5, 5.41) is 29.8. The molecular weight excluding hydrogens is 328 g/mol. The molecule has 0 rings (SSSR count). The SMILES string of the molecule is CCCCCCCCCCCCCC=CC(O)C(O)C(O)C(C)OCC. The maximum absolute atomic E-state index is 9.94. The van der Waals surface area contributed by atoms with Gasteiger partial charge in [-0.25, -0.2) is 0 Å². The quantitative estimate of drug-likeness (QED) is 0.240. The number of allylic oxidation sites excluding steroid dienone is 1. The molecule has 0 heterocycles. The van der Waals surface area contributed by atoms with Crippen molar-refractivity contribution in [2.75, 3.05) is 6.61 Å². The van der Waals surface area contributed by atoms with E-state index in [2.05, 4.69) is 6.92 Å². The van der Waals surface area contributed by atoms with E-state index in [1.54, 1.807) is 13.0 Å². The second kappa shape index (κ2) is 18.0. The van der Waals surface area contributed by atoms with Gasteiger partial charge in [0, 0.05) is 6.61 Å². The maximum Gasteiger partial charge on any atom is 0.112 e. The minimum atomic E-state index is -1.22. The second-order valence-corrected chi connectivity index (χ2v) is 7.38. The van der Waals surface area contributed by atoms with Crippen LogP contribution in [0.5, 0.6) is 0 Å². The van der Waals surface area contributed by atoms with Crippen molar-refractivity contribution in [3.63, 3.8) is 0 Å². The van der Waals surface area contributed by atoms with Crippen molar-refractivity contribution in [2.24, 2.45) is 0 Å². The van der Waals surface area contributed by atoms with Crippen LogP contribution >= 0.6 is 0 Å². The number of aliphatic hydroxyl groups is 3. The van der Waals surface area contributed by atoms with Crippen molar-refractivity contribution in [2.45, 2.75) is 122 Å². The predicted molar refractivity (Wildman–Crippen MR) is 109 cm³/mol. The van der Waals surface area contributed by atoms with Crippen LogP contribution in [0, 0.1) is 0 Å². The van der Waals surface area contributed by atoms with Crippen LogP contribution in [-0.2, 0) is 4.74 Å². The molecule has 0 aliphatic carbocycles. The van der Waals surface area contributed by atoms with Gasteiger partial charge in [-0.3, -0.25) is 0 Å². The molecule has 0 bridgehead atoms. The molecule has 0 saturated heterocycles. The van der Waals surface area contributed by atoms with Crippen LogP contribution in [0.1, 0.15) is 97.8 Å². The summed E-state index contributed by atoms with van der Waals surface area (Å²) in [7, 11) is 0. The molecule has 0 spiro atoms. The highest BCUT2D eigenvalue weighted by molar-refractivity contribution is 4.95. The predicted octanol–water partition coefficient (Wildman–Crippen LogP) is 4.75. The summed E-state index contributed by atoms with van der Waals surface area (Å²) in [6.07, 6.45) is 15.0. The van der Waals surface area contributed by atoms with Gasteiger partial charge in [0.1, 0.15) is 18.3 Å². The summed E-state index contributed by atoms with van der Waals surface area (Å²) < 4.78 is 5.25. The van der Waals surface area contributed by atoms with E-state index in [9.17, 15) is 15.3 Å². The Labute approximate surface area is 161 Å². The highest BCUT2D eigenvalue weighted by Crippen LogP contribution is 2.13. The van der Waals surface area contributed by atoms with Crippen molar-refractivity contribution >= 4 is 0 Å².